The Labute approximate surface area is 149 Å². The van der Waals surface area contributed by atoms with E-state index in [-0.39, 0.29) is 16.3 Å². The quantitative estimate of drug-likeness (QED) is 0.557. The van der Waals surface area contributed by atoms with Crippen molar-refractivity contribution in [1.29, 1.82) is 0 Å². The van der Waals surface area contributed by atoms with Crippen molar-refractivity contribution in [2.75, 3.05) is 17.7 Å². The van der Waals surface area contributed by atoms with Crippen molar-refractivity contribution in [3.63, 3.8) is 0 Å². The van der Waals surface area contributed by atoms with Crippen LogP contribution >= 0.6 is 11.8 Å². The number of ether oxygens (including phenoxy) is 1. The largest absolute Gasteiger partial charge is 0.455 e. The number of benzene rings is 2. The van der Waals surface area contributed by atoms with Gasteiger partial charge in [0.05, 0.1) is 10.6 Å². The molecule has 132 valence electrons. The van der Waals surface area contributed by atoms with Gasteiger partial charge in [0, 0.05) is 10.6 Å². The fourth-order valence-electron chi connectivity index (χ4n) is 1.79. The van der Waals surface area contributed by atoms with Crippen LogP contribution in [0.15, 0.2) is 64.4 Å². The first-order valence-corrected chi connectivity index (χ1v) is 9.64. The first kappa shape index (κ1) is 19.0. The van der Waals surface area contributed by atoms with Gasteiger partial charge in [0.2, 0.25) is 10.0 Å². The molecule has 9 heteroatoms. The SMILES string of the molecule is NS(=O)(=O)c1cccc(NC(=O)COC(=O)CSc2ccccc2)c1. The summed E-state index contributed by atoms with van der Waals surface area (Å²) in [4.78, 5) is 24.2. The maximum Gasteiger partial charge on any atom is 0.316 e. The van der Waals surface area contributed by atoms with E-state index in [1.165, 1.54) is 36.0 Å². The summed E-state index contributed by atoms with van der Waals surface area (Å²) in [6.45, 7) is -0.464. The number of esters is 1. The van der Waals surface area contributed by atoms with Gasteiger partial charge in [0.1, 0.15) is 0 Å². The number of anilines is 1. The van der Waals surface area contributed by atoms with Crippen molar-refractivity contribution in [3.8, 4) is 0 Å². The Morgan fingerprint density at radius 1 is 1.08 bits per heavy atom. The van der Waals surface area contributed by atoms with Crippen LogP contribution in [0.4, 0.5) is 5.69 Å². The summed E-state index contributed by atoms with van der Waals surface area (Å²) in [6, 6.07) is 14.8. The van der Waals surface area contributed by atoms with Crippen molar-refractivity contribution >= 4 is 39.3 Å². The minimum absolute atomic E-state index is 0.0815. The second-order valence-corrected chi connectivity index (χ2v) is 7.49. The number of nitrogens with two attached hydrogens (primary N) is 1. The Balaban J connectivity index is 1.79. The molecule has 0 spiro atoms. The van der Waals surface area contributed by atoms with Crippen LogP contribution in [0, 0.1) is 0 Å². The molecule has 0 radical (unpaired) electrons. The van der Waals surface area contributed by atoms with Crippen LogP contribution in [-0.4, -0.2) is 32.7 Å². The number of rotatable bonds is 7. The van der Waals surface area contributed by atoms with E-state index in [2.05, 4.69) is 5.32 Å². The maximum absolute atomic E-state index is 11.8. The number of hydrogen-bond donors (Lipinski definition) is 2. The summed E-state index contributed by atoms with van der Waals surface area (Å²) in [5.41, 5.74) is 0.242. The molecule has 0 aliphatic carbocycles. The topological polar surface area (TPSA) is 116 Å². The Morgan fingerprint density at radius 2 is 1.80 bits per heavy atom. The number of amides is 1. The van der Waals surface area contributed by atoms with E-state index < -0.39 is 28.5 Å². The number of nitrogens with one attached hydrogen (secondary N) is 1. The standard InChI is InChI=1S/C16H16N2O5S2/c17-25(21,22)14-8-4-5-12(9-14)18-15(19)10-23-16(20)11-24-13-6-2-1-3-7-13/h1-9H,10-11H2,(H,18,19)(H2,17,21,22). The van der Waals surface area contributed by atoms with E-state index >= 15 is 0 Å². The monoisotopic (exact) mass is 380 g/mol. The highest BCUT2D eigenvalue weighted by atomic mass is 32.2. The Morgan fingerprint density at radius 3 is 2.48 bits per heavy atom. The lowest BCUT2D eigenvalue weighted by atomic mass is 10.3. The summed E-state index contributed by atoms with van der Waals surface area (Å²) in [5, 5.41) is 7.46. The first-order valence-electron chi connectivity index (χ1n) is 7.11. The minimum atomic E-state index is -3.86. The zero-order valence-electron chi connectivity index (χ0n) is 13.0. The lowest BCUT2D eigenvalue weighted by Gasteiger charge is -2.07. The van der Waals surface area contributed by atoms with Crippen LogP contribution in [0.1, 0.15) is 0 Å². The molecule has 0 saturated heterocycles. The first-order chi connectivity index (χ1) is 11.8. The summed E-state index contributed by atoms with van der Waals surface area (Å²) in [6.07, 6.45) is 0. The molecule has 3 N–H and O–H groups in total. The van der Waals surface area contributed by atoms with E-state index in [4.69, 9.17) is 9.88 Å². The van der Waals surface area contributed by atoms with Crippen LogP contribution in [0.5, 0.6) is 0 Å². The number of thioether (sulfide) groups is 1. The van der Waals surface area contributed by atoms with Crippen LogP contribution in [0.25, 0.3) is 0 Å². The second kappa shape index (κ2) is 8.65. The molecule has 0 aromatic heterocycles. The van der Waals surface area contributed by atoms with Crippen LogP contribution < -0.4 is 10.5 Å². The molecule has 0 bridgehead atoms. The Hall–Kier alpha value is -2.36. The molecule has 2 aromatic rings. The predicted octanol–water partition coefficient (Wildman–Crippen LogP) is 1.61. The number of carbonyl (C=O) groups is 2. The fourth-order valence-corrected chi connectivity index (χ4v) is 3.07. The molecule has 0 saturated carbocycles. The van der Waals surface area contributed by atoms with Gasteiger partial charge in [-0.2, -0.15) is 0 Å². The minimum Gasteiger partial charge on any atom is -0.455 e. The van der Waals surface area contributed by atoms with Gasteiger partial charge in [-0.25, -0.2) is 13.6 Å². The normalized spacial score (nSPS) is 10.9. The fraction of sp³-hybridized carbons (Fsp3) is 0.125. The van der Waals surface area contributed by atoms with Crippen LogP contribution in [-0.2, 0) is 24.3 Å². The third kappa shape index (κ3) is 6.57. The molecule has 25 heavy (non-hydrogen) atoms. The zero-order valence-corrected chi connectivity index (χ0v) is 14.7. The van der Waals surface area contributed by atoms with Gasteiger partial charge >= 0.3 is 5.97 Å². The molecule has 0 aliphatic rings. The van der Waals surface area contributed by atoms with E-state index in [9.17, 15) is 18.0 Å². The smallest absolute Gasteiger partial charge is 0.316 e. The molecule has 1 amide bonds. The zero-order chi connectivity index (χ0) is 18.3. The molecule has 0 fully saturated rings. The Kier molecular flexibility index (Phi) is 6.57. The average molecular weight is 380 g/mol. The molecule has 7 nitrogen and oxygen atoms in total. The van der Waals surface area contributed by atoms with E-state index in [1.807, 2.05) is 30.3 Å². The number of sulfonamides is 1. The van der Waals surface area contributed by atoms with Crippen LogP contribution in [0.3, 0.4) is 0 Å². The predicted molar refractivity (Wildman–Crippen MR) is 94.6 cm³/mol. The highest BCUT2D eigenvalue weighted by molar-refractivity contribution is 8.00. The van der Waals surface area contributed by atoms with Crippen molar-refractivity contribution in [3.05, 3.63) is 54.6 Å². The molecular formula is C16H16N2O5S2. The lowest BCUT2D eigenvalue weighted by molar-refractivity contribution is -0.144. The van der Waals surface area contributed by atoms with Crippen molar-refractivity contribution in [1.82, 2.24) is 0 Å². The van der Waals surface area contributed by atoms with E-state index in [0.29, 0.717) is 0 Å². The van der Waals surface area contributed by atoms with Crippen LogP contribution in [0.2, 0.25) is 0 Å². The number of carbonyl (C=O) groups excluding carboxylic acids is 2. The van der Waals surface area contributed by atoms with Gasteiger partial charge in [-0.3, -0.25) is 9.59 Å². The molecule has 0 aliphatic heterocycles. The summed E-state index contributed by atoms with van der Waals surface area (Å²) < 4.78 is 27.4. The summed E-state index contributed by atoms with van der Waals surface area (Å²) in [7, 11) is -3.86. The number of hydrogen-bond acceptors (Lipinski definition) is 6. The average Bonchev–Trinajstić information content (AvgIpc) is 2.58. The maximum atomic E-state index is 11.8. The number of primary sulfonamides is 1. The lowest BCUT2D eigenvalue weighted by Crippen LogP contribution is -2.22. The van der Waals surface area contributed by atoms with Gasteiger partial charge in [-0.15, -0.1) is 11.8 Å². The van der Waals surface area contributed by atoms with Crippen molar-refractivity contribution in [2.45, 2.75) is 9.79 Å². The van der Waals surface area contributed by atoms with Gasteiger partial charge in [0.25, 0.3) is 5.91 Å². The van der Waals surface area contributed by atoms with Gasteiger partial charge in [-0.1, -0.05) is 24.3 Å². The van der Waals surface area contributed by atoms with E-state index in [0.717, 1.165) is 4.90 Å². The molecular weight excluding hydrogens is 364 g/mol. The molecule has 0 heterocycles. The third-order valence-electron chi connectivity index (χ3n) is 2.91. The second-order valence-electron chi connectivity index (χ2n) is 4.88. The van der Waals surface area contributed by atoms with E-state index in [1.54, 1.807) is 0 Å². The highest BCUT2D eigenvalue weighted by Gasteiger charge is 2.11. The van der Waals surface area contributed by atoms with Crippen molar-refractivity contribution < 1.29 is 22.7 Å². The van der Waals surface area contributed by atoms with Gasteiger partial charge in [0.15, 0.2) is 6.61 Å². The van der Waals surface area contributed by atoms with Crippen molar-refractivity contribution in [2.24, 2.45) is 5.14 Å². The van der Waals surface area contributed by atoms with Gasteiger partial charge < -0.3 is 10.1 Å². The Bertz CT molecular complexity index is 854. The molecule has 0 unspecified atom stereocenters. The third-order valence-corrected chi connectivity index (χ3v) is 4.81. The molecule has 2 aromatic carbocycles. The molecule has 0 atom stereocenters. The summed E-state index contributed by atoms with van der Waals surface area (Å²) >= 11 is 1.30. The highest BCUT2D eigenvalue weighted by Crippen LogP contribution is 2.17. The molecule has 2 rings (SSSR count). The van der Waals surface area contributed by atoms with Gasteiger partial charge in [-0.05, 0) is 30.3 Å². The summed E-state index contributed by atoms with van der Waals surface area (Å²) in [5.74, 6) is -1.02.